The van der Waals surface area contributed by atoms with Gasteiger partial charge in [-0.15, -0.1) is 11.3 Å². The third-order valence-corrected chi connectivity index (χ3v) is 5.21. The average molecular weight is 286 g/mol. The first-order chi connectivity index (χ1) is 9.30. The van der Waals surface area contributed by atoms with Crippen molar-refractivity contribution >= 4 is 11.3 Å². The van der Waals surface area contributed by atoms with Gasteiger partial charge in [-0.25, -0.2) is 4.98 Å². The Balaban J connectivity index is 2.07. The van der Waals surface area contributed by atoms with Crippen LogP contribution < -0.4 is 5.73 Å². The lowest BCUT2D eigenvalue weighted by Crippen LogP contribution is -2.35. The molecule has 0 radical (unpaired) electrons. The monoisotopic (exact) mass is 286 g/mol. The van der Waals surface area contributed by atoms with E-state index in [1.165, 1.54) is 16.7 Å². The van der Waals surface area contributed by atoms with Crippen LogP contribution in [0.4, 0.5) is 0 Å². The maximum Gasteiger partial charge on any atom is 0.117 e. The zero-order valence-corrected chi connectivity index (χ0v) is 13.5. The molecule has 1 aromatic carbocycles. The van der Waals surface area contributed by atoms with Crippen LogP contribution in [0.25, 0.3) is 0 Å². The van der Waals surface area contributed by atoms with E-state index in [4.69, 9.17) is 10.7 Å². The molecular formula is C17H22N2S. The largest absolute Gasteiger partial charge is 0.316 e. The molecule has 1 aliphatic rings. The Bertz CT molecular complexity index is 651. The number of thiazole rings is 1. The van der Waals surface area contributed by atoms with Crippen LogP contribution in [0, 0.1) is 6.92 Å². The van der Waals surface area contributed by atoms with Crippen LogP contribution in [0.3, 0.4) is 0 Å². The minimum absolute atomic E-state index is 0.0825. The van der Waals surface area contributed by atoms with Crippen molar-refractivity contribution in [1.29, 1.82) is 0 Å². The first-order valence-corrected chi connectivity index (χ1v) is 8.04. The summed E-state index contributed by atoms with van der Waals surface area (Å²) in [7, 11) is 0. The molecule has 0 aliphatic heterocycles. The van der Waals surface area contributed by atoms with Crippen LogP contribution in [0.2, 0.25) is 0 Å². The minimum atomic E-state index is -0.393. The topological polar surface area (TPSA) is 38.9 Å². The highest BCUT2D eigenvalue weighted by atomic mass is 32.1. The molecule has 0 amide bonds. The van der Waals surface area contributed by atoms with Crippen molar-refractivity contribution in [1.82, 2.24) is 4.98 Å². The molecule has 2 nitrogen and oxygen atoms in total. The number of benzene rings is 1. The number of hydrogen-bond acceptors (Lipinski definition) is 3. The fourth-order valence-corrected chi connectivity index (χ4v) is 4.04. The number of hydrogen-bond donors (Lipinski definition) is 1. The van der Waals surface area contributed by atoms with Crippen molar-refractivity contribution in [3.8, 4) is 0 Å². The molecule has 0 fully saturated rings. The van der Waals surface area contributed by atoms with E-state index in [0.29, 0.717) is 0 Å². The van der Waals surface area contributed by atoms with Gasteiger partial charge >= 0.3 is 0 Å². The van der Waals surface area contributed by atoms with Crippen LogP contribution in [-0.4, -0.2) is 4.98 Å². The predicted molar refractivity (Wildman–Crippen MR) is 85.3 cm³/mol. The molecule has 2 N–H and O–H groups in total. The summed E-state index contributed by atoms with van der Waals surface area (Å²) in [6, 6.07) is 6.63. The quantitative estimate of drug-likeness (QED) is 0.863. The molecule has 1 atom stereocenters. The van der Waals surface area contributed by atoms with E-state index in [2.05, 4.69) is 51.3 Å². The van der Waals surface area contributed by atoms with Gasteiger partial charge in [0.25, 0.3) is 0 Å². The highest BCUT2D eigenvalue weighted by molar-refractivity contribution is 7.09. The van der Waals surface area contributed by atoms with Crippen molar-refractivity contribution in [3.05, 3.63) is 51.0 Å². The Morgan fingerprint density at radius 2 is 2.05 bits per heavy atom. The van der Waals surface area contributed by atoms with Crippen LogP contribution >= 0.6 is 11.3 Å². The lowest BCUT2D eigenvalue weighted by molar-refractivity contribution is 0.517. The van der Waals surface area contributed by atoms with E-state index < -0.39 is 5.54 Å². The summed E-state index contributed by atoms with van der Waals surface area (Å²) >= 11 is 1.71. The average Bonchev–Trinajstić information content (AvgIpc) is 2.96. The van der Waals surface area contributed by atoms with Gasteiger partial charge < -0.3 is 5.73 Å². The van der Waals surface area contributed by atoms with Crippen molar-refractivity contribution in [2.75, 3.05) is 0 Å². The molecule has 3 heteroatoms. The molecule has 20 heavy (non-hydrogen) atoms. The van der Waals surface area contributed by atoms with E-state index >= 15 is 0 Å². The highest BCUT2D eigenvalue weighted by Gasteiger charge is 2.39. The Hall–Kier alpha value is -1.19. The summed E-state index contributed by atoms with van der Waals surface area (Å²) in [6.45, 7) is 8.72. The summed E-state index contributed by atoms with van der Waals surface area (Å²) in [5, 5.41) is 3.23. The molecule has 106 valence electrons. The van der Waals surface area contributed by atoms with Crippen molar-refractivity contribution in [2.24, 2.45) is 5.73 Å². The maximum atomic E-state index is 6.77. The van der Waals surface area contributed by atoms with Crippen LogP contribution in [0.15, 0.2) is 23.6 Å². The first-order valence-electron chi connectivity index (χ1n) is 7.16. The molecule has 3 rings (SSSR count). The molecule has 0 spiro atoms. The zero-order chi connectivity index (χ0) is 14.5. The number of fused-ring (bicyclic) bond motifs is 1. The smallest absolute Gasteiger partial charge is 0.117 e. The van der Waals surface area contributed by atoms with Gasteiger partial charge in [0.05, 0.1) is 11.2 Å². The van der Waals surface area contributed by atoms with Crippen LogP contribution in [0.1, 0.15) is 54.6 Å². The van der Waals surface area contributed by atoms with Crippen LogP contribution in [0.5, 0.6) is 0 Å². The fraction of sp³-hybridized carbons (Fsp3) is 0.471. The summed E-state index contributed by atoms with van der Waals surface area (Å²) in [6.07, 6.45) is 2.01. The summed E-state index contributed by atoms with van der Waals surface area (Å²) in [4.78, 5) is 4.86. The van der Waals surface area contributed by atoms with Crippen molar-refractivity contribution in [3.63, 3.8) is 0 Å². The normalized spacial score (nSPS) is 22.1. The van der Waals surface area contributed by atoms with Gasteiger partial charge in [-0.05, 0) is 30.9 Å². The second-order valence-corrected chi connectivity index (χ2v) is 7.78. The van der Waals surface area contributed by atoms with Crippen molar-refractivity contribution in [2.45, 2.75) is 51.5 Å². The van der Waals surface area contributed by atoms with Gasteiger partial charge in [-0.3, -0.25) is 0 Å². The molecule has 1 aromatic heterocycles. The molecule has 1 unspecified atom stereocenters. The molecule has 0 saturated carbocycles. The Morgan fingerprint density at radius 3 is 2.70 bits per heavy atom. The van der Waals surface area contributed by atoms with Crippen molar-refractivity contribution < 1.29 is 0 Å². The van der Waals surface area contributed by atoms with E-state index in [1.54, 1.807) is 11.3 Å². The van der Waals surface area contributed by atoms with Gasteiger partial charge in [-0.1, -0.05) is 44.5 Å². The van der Waals surface area contributed by atoms with Gasteiger partial charge in [-0.2, -0.15) is 0 Å². The first kappa shape index (κ1) is 13.8. The molecule has 1 aliphatic carbocycles. The molecule has 2 aromatic rings. The number of aryl methyl sites for hydroxylation is 2. The molecule has 0 bridgehead atoms. The highest BCUT2D eigenvalue weighted by Crippen LogP contribution is 2.42. The standard InChI is InChI=1S/C17H22N2S/c1-11-5-6-12-7-8-17(18,13(12)9-11)15-19-14(10-20-15)16(2,3)4/h5-6,9-10H,7-8,18H2,1-4H3. The molecule has 1 heterocycles. The van der Waals surface area contributed by atoms with Gasteiger partial charge in [0, 0.05) is 10.8 Å². The minimum Gasteiger partial charge on any atom is -0.316 e. The number of rotatable bonds is 1. The lowest BCUT2D eigenvalue weighted by atomic mass is 9.91. The summed E-state index contributed by atoms with van der Waals surface area (Å²) in [5.74, 6) is 0. The second-order valence-electron chi connectivity index (χ2n) is 6.92. The molecular weight excluding hydrogens is 264 g/mol. The number of aromatic nitrogens is 1. The van der Waals surface area contributed by atoms with E-state index in [-0.39, 0.29) is 5.41 Å². The Labute approximate surface area is 125 Å². The third kappa shape index (κ3) is 2.09. The van der Waals surface area contributed by atoms with Gasteiger partial charge in [0.2, 0.25) is 0 Å². The summed E-state index contributed by atoms with van der Waals surface area (Å²) < 4.78 is 0. The Morgan fingerprint density at radius 1 is 1.30 bits per heavy atom. The lowest BCUT2D eigenvalue weighted by Gasteiger charge is -2.23. The summed E-state index contributed by atoms with van der Waals surface area (Å²) in [5.41, 5.74) is 11.5. The van der Waals surface area contributed by atoms with Gasteiger partial charge in [0.1, 0.15) is 5.01 Å². The number of nitrogens with two attached hydrogens (primary N) is 1. The maximum absolute atomic E-state index is 6.77. The van der Waals surface area contributed by atoms with E-state index in [9.17, 15) is 0 Å². The SMILES string of the molecule is Cc1ccc2c(c1)C(N)(c1nc(C(C)(C)C)cs1)CC2. The van der Waals surface area contributed by atoms with E-state index in [1.807, 2.05) is 0 Å². The van der Waals surface area contributed by atoms with Crippen LogP contribution in [-0.2, 0) is 17.4 Å². The van der Waals surface area contributed by atoms with Gasteiger partial charge in [0.15, 0.2) is 0 Å². The zero-order valence-electron chi connectivity index (χ0n) is 12.7. The Kier molecular flexibility index (Phi) is 3.03. The predicted octanol–water partition coefficient (Wildman–Crippen LogP) is 3.90. The third-order valence-electron chi connectivity index (χ3n) is 4.19. The van der Waals surface area contributed by atoms with E-state index in [0.717, 1.165) is 23.5 Å². The molecule has 0 saturated heterocycles. The second kappa shape index (κ2) is 4.40. The fourth-order valence-electron chi connectivity index (χ4n) is 2.84. The number of nitrogens with zero attached hydrogens (tertiary/aromatic N) is 1.